The van der Waals surface area contributed by atoms with Crippen LogP contribution in [0.25, 0.3) is 0 Å². The van der Waals surface area contributed by atoms with Gasteiger partial charge in [-0.3, -0.25) is 9.78 Å². The summed E-state index contributed by atoms with van der Waals surface area (Å²) in [6.07, 6.45) is 5.77. The lowest BCUT2D eigenvalue weighted by molar-refractivity contribution is -0.115. The van der Waals surface area contributed by atoms with Crippen LogP contribution in [0.4, 0.5) is 5.82 Å². The van der Waals surface area contributed by atoms with Crippen LogP contribution in [0.3, 0.4) is 0 Å². The van der Waals surface area contributed by atoms with Gasteiger partial charge in [0.2, 0.25) is 5.91 Å². The van der Waals surface area contributed by atoms with Gasteiger partial charge in [-0.15, -0.1) is 23.1 Å². The van der Waals surface area contributed by atoms with Crippen LogP contribution in [-0.2, 0) is 11.2 Å². The standard InChI is InChI=1S/C12H11N3OS2/c16-12(15-10-7-13-3-4-14-10)11-8-1-5-17-9(8)2-6-18-11/h1,3-5,7,11H,2,6H2,(H,14,15,16). The molecule has 18 heavy (non-hydrogen) atoms. The molecule has 92 valence electrons. The molecule has 1 amide bonds. The fourth-order valence-corrected chi connectivity index (χ4v) is 4.21. The molecule has 0 spiro atoms. The molecule has 0 radical (unpaired) electrons. The average Bonchev–Trinajstić information content (AvgIpc) is 2.87. The van der Waals surface area contributed by atoms with E-state index in [1.54, 1.807) is 41.7 Å². The second-order valence-electron chi connectivity index (χ2n) is 3.88. The fraction of sp³-hybridized carbons (Fsp3) is 0.250. The SMILES string of the molecule is O=C(Nc1cnccn1)C1SCCc2sccc21. The first kappa shape index (κ1) is 11.7. The van der Waals surface area contributed by atoms with E-state index >= 15 is 0 Å². The summed E-state index contributed by atoms with van der Waals surface area (Å²) in [5, 5.41) is 4.75. The lowest BCUT2D eigenvalue weighted by Gasteiger charge is -2.21. The second kappa shape index (κ2) is 5.07. The summed E-state index contributed by atoms with van der Waals surface area (Å²) in [5.74, 6) is 1.48. The molecule has 1 unspecified atom stereocenters. The number of thiophene rings is 1. The van der Waals surface area contributed by atoms with Crippen LogP contribution in [0.2, 0.25) is 0 Å². The van der Waals surface area contributed by atoms with Crippen LogP contribution in [0.5, 0.6) is 0 Å². The number of aryl methyl sites for hydroxylation is 1. The zero-order valence-corrected chi connectivity index (χ0v) is 11.1. The quantitative estimate of drug-likeness (QED) is 0.916. The van der Waals surface area contributed by atoms with Crippen molar-refractivity contribution in [1.82, 2.24) is 9.97 Å². The van der Waals surface area contributed by atoms with Crippen LogP contribution in [0.15, 0.2) is 30.0 Å². The molecule has 1 N–H and O–H groups in total. The lowest BCUT2D eigenvalue weighted by atomic mass is 10.1. The van der Waals surface area contributed by atoms with E-state index in [9.17, 15) is 4.79 Å². The summed E-state index contributed by atoms with van der Waals surface area (Å²) in [7, 11) is 0. The van der Waals surface area contributed by atoms with Gasteiger partial charge in [0.05, 0.1) is 6.20 Å². The van der Waals surface area contributed by atoms with Gasteiger partial charge in [-0.25, -0.2) is 4.98 Å². The number of nitrogens with zero attached hydrogens (tertiary/aromatic N) is 2. The molecule has 2 aromatic rings. The third-order valence-corrected chi connectivity index (χ3v) is 4.97. The van der Waals surface area contributed by atoms with Gasteiger partial charge in [0.25, 0.3) is 0 Å². The summed E-state index contributed by atoms with van der Waals surface area (Å²) in [5.41, 5.74) is 1.15. The molecule has 2 aromatic heterocycles. The molecule has 1 aliphatic heterocycles. The van der Waals surface area contributed by atoms with Crippen LogP contribution >= 0.6 is 23.1 Å². The number of carbonyl (C=O) groups excluding carboxylic acids is 1. The van der Waals surface area contributed by atoms with Crippen LogP contribution in [-0.4, -0.2) is 21.6 Å². The Morgan fingerprint density at radius 3 is 3.22 bits per heavy atom. The van der Waals surface area contributed by atoms with Crippen LogP contribution < -0.4 is 5.32 Å². The molecule has 6 heteroatoms. The number of carbonyl (C=O) groups is 1. The van der Waals surface area contributed by atoms with E-state index in [-0.39, 0.29) is 11.2 Å². The van der Waals surface area contributed by atoms with Gasteiger partial charge in [-0.2, -0.15) is 0 Å². The number of nitrogens with one attached hydrogen (secondary N) is 1. The first-order valence-corrected chi connectivity index (χ1v) is 7.52. The molecular formula is C12H11N3OS2. The first-order chi connectivity index (χ1) is 8.84. The summed E-state index contributed by atoms with van der Waals surface area (Å²) >= 11 is 3.42. The summed E-state index contributed by atoms with van der Waals surface area (Å²) < 4.78 is 0. The van der Waals surface area contributed by atoms with Gasteiger partial charge in [-0.05, 0) is 29.2 Å². The van der Waals surface area contributed by atoms with Crippen molar-refractivity contribution in [1.29, 1.82) is 0 Å². The number of aromatic nitrogens is 2. The number of thioether (sulfide) groups is 1. The van der Waals surface area contributed by atoms with Crippen molar-refractivity contribution < 1.29 is 4.79 Å². The van der Waals surface area contributed by atoms with Crippen molar-refractivity contribution in [2.24, 2.45) is 0 Å². The molecular weight excluding hydrogens is 266 g/mol. The number of anilines is 1. The fourth-order valence-electron chi connectivity index (χ4n) is 1.92. The van der Waals surface area contributed by atoms with Gasteiger partial charge < -0.3 is 5.32 Å². The normalized spacial score (nSPS) is 18.1. The van der Waals surface area contributed by atoms with E-state index in [2.05, 4.69) is 20.7 Å². The predicted octanol–water partition coefficient (Wildman–Crippen LogP) is 2.51. The van der Waals surface area contributed by atoms with Crippen molar-refractivity contribution in [3.05, 3.63) is 40.5 Å². The Bertz CT molecular complexity index is 555. The van der Waals surface area contributed by atoms with Gasteiger partial charge in [0.15, 0.2) is 5.82 Å². The molecule has 0 saturated carbocycles. The molecule has 0 aromatic carbocycles. The zero-order chi connectivity index (χ0) is 12.4. The van der Waals surface area contributed by atoms with Crippen molar-refractivity contribution in [3.8, 4) is 0 Å². The van der Waals surface area contributed by atoms with E-state index in [1.807, 2.05) is 6.07 Å². The van der Waals surface area contributed by atoms with Gasteiger partial charge in [-0.1, -0.05) is 0 Å². The molecule has 0 bridgehead atoms. The molecule has 1 aliphatic rings. The third kappa shape index (κ3) is 2.26. The van der Waals surface area contributed by atoms with Crippen LogP contribution in [0, 0.1) is 0 Å². The minimum atomic E-state index is -0.123. The average molecular weight is 277 g/mol. The monoisotopic (exact) mass is 277 g/mol. The van der Waals surface area contributed by atoms with E-state index in [0.29, 0.717) is 5.82 Å². The highest BCUT2D eigenvalue weighted by atomic mass is 32.2. The molecule has 4 nitrogen and oxygen atoms in total. The highest BCUT2D eigenvalue weighted by molar-refractivity contribution is 8.00. The van der Waals surface area contributed by atoms with Gasteiger partial charge in [0.1, 0.15) is 5.25 Å². The van der Waals surface area contributed by atoms with Crippen molar-refractivity contribution in [3.63, 3.8) is 0 Å². The zero-order valence-electron chi connectivity index (χ0n) is 9.50. The van der Waals surface area contributed by atoms with Crippen molar-refractivity contribution in [2.75, 3.05) is 11.1 Å². The Balaban J connectivity index is 1.79. The van der Waals surface area contributed by atoms with Crippen molar-refractivity contribution >= 4 is 34.8 Å². The Hall–Kier alpha value is -1.40. The Morgan fingerprint density at radius 1 is 1.44 bits per heavy atom. The van der Waals surface area contributed by atoms with Gasteiger partial charge in [0, 0.05) is 17.3 Å². The number of amides is 1. The van der Waals surface area contributed by atoms with E-state index in [4.69, 9.17) is 0 Å². The number of hydrogen-bond donors (Lipinski definition) is 1. The highest BCUT2D eigenvalue weighted by Crippen LogP contribution is 2.39. The largest absolute Gasteiger partial charge is 0.308 e. The van der Waals surface area contributed by atoms with Crippen LogP contribution in [0.1, 0.15) is 15.7 Å². The highest BCUT2D eigenvalue weighted by Gasteiger charge is 2.28. The summed E-state index contributed by atoms with van der Waals surface area (Å²) in [6, 6.07) is 2.05. The first-order valence-electron chi connectivity index (χ1n) is 5.59. The number of hydrogen-bond acceptors (Lipinski definition) is 5. The lowest BCUT2D eigenvalue weighted by Crippen LogP contribution is -2.22. The Kier molecular flexibility index (Phi) is 3.29. The molecule has 3 rings (SSSR count). The summed E-state index contributed by atoms with van der Waals surface area (Å²) in [4.78, 5) is 21.6. The Morgan fingerprint density at radius 2 is 2.39 bits per heavy atom. The molecule has 3 heterocycles. The number of fused-ring (bicyclic) bond motifs is 1. The van der Waals surface area contributed by atoms with E-state index < -0.39 is 0 Å². The third-order valence-electron chi connectivity index (χ3n) is 2.73. The minimum absolute atomic E-state index is 0.0140. The summed E-state index contributed by atoms with van der Waals surface area (Å²) in [6.45, 7) is 0. The van der Waals surface area contributed by atoms with E-state index in [1.165, 1.54) is 4.88 Å². The Labute approximate surface area is 113 Å². The van der Waals surface area contributed by atoms with Gasteiger partial charge >= 0.3 is 0 Å². The molecule has 1 atom stereocenters. The van der Waals surface area contributed by atoms with Crippen molar-refractivity contribution in [2.45, 2.75) is 11.7 Å². The molecule has 0 aliphatic carbocycles. The van der Waals surface area contributed by atoms with E-state index in [0.717, 1.165) is 17.7 Å². The maximum atomic E-state index is 12.2. The minimum Gasteiger partial charge on any atom is -0.308 e. The topological polar surface area (TPSA) is 54.9 Å². The molecule has 0 fully saturated rings. The smallest absolute Gasteiger partial charge is 0.243 e. The second-order valence-corrected chi connectivity index (χ2v) is 6.09. The predicted molar refractivity (Wildman–Crippen MR) is 73.9 cm³/mol. The maximum Gasteiger partial charge on any atom is 0.243 e. The maximum absolute atomic E-state index is 12.2. The molecule has 0 saturated heterocycles. The number of rotatable bonds is 2.